The molecule has 1 atom stereocenters. The molecule has 1 saturated heterocycles. The Balaban J connectivity index is 1.89. The van der Waals surface area contributed by atoms with Gasteiger partial charge in [-0.15, -0.1) is 0 Å². The molecule has 0 radical (unpaired) electrons. The van der Waals surface area contributed by atoms with Gasteiger partial charge in [0.2, 0.25) is 5.91 Å². The summed E-state index contributed by atoms with van der Waals surface area (Å²) in [6.07, 6.45) is 0. The largest absolute Gasteiger partial charge is 0.480 e. The number of aliphatic carboxylic acids is 1. The van der Waals surface area contributed by atoms with Crippen LogP contribution in [-0.4, -0.2) is 47.2 Å². The molecule has 1 aliphatic heterocycles. The zero-order chi connectivity index (χ0) is 14.8. The molecule has 0 aromatic heterocycles. The third kappa shape index (κ3) is 3.17. The number of hydrogen-bond donors (Lipinski definition) is 1. The van der Waals surface area contributed by atoms with Gasteiger partial charge in [0.05, 0.1) is 19.0 Å². The number of amides is 1. The van der Waals surface area contributed by atoms with Crippen molar-refractivity contribution in [2.45, 2.75) is 25.4 Å². The average Bonchev–Trinajstić information content (AvgIpc) is 2.41. The normalized spacial score (nSPS) is 18.2. The maximum Gasteiger partial charge on any atom is 0.329 e. The Morgan fingerprint density at radius 3 is 2.50 bits per heavy atom. The molecule has 1 N–H and O–H groups in total. The first kappa shape index (κ1) is 14.5. The molecule has 0 aliphatic carbocycles. The van der Waals surface area contributed by atoms with Crippen LogP contribution in [0.5, 0.6) is 0 Å². The summed E-state index contributed by atoms with van der Waals surface area (Å²) in [5.41, 5.74) is 0.447. The number of nitrogens with zero attached hydrogens (tertiary/aromatic N) is 1. The lowest BCUT2D eigenvalue weighted by atomic mass is 9.92. The number of carbonyl (C=O) groups excluding carboxylic acids is 1. The second kappa shape index (κ2) is 5.63. The van der Waals surface area contributed by atoms with E-state index in [2.05, 4.69) is 0 Å². The lowest BCUT2D eigenvalue weighted by molar-refractivity contribution is -0.173. The van der Waals surface area contributed by atoms with Crippen molar-refractivity contribution in [2.24, 2.45) is 0 Å². The molecule has 5 heteroatoms. The van der Waals surface area contributed by atoms with Crippen molar-refractivity contribution in [1.82, 2.24) is 4.90 Å². The summed E-state index contributed by atoms with van der Waals surface area (Å²) in [5, 5.41) is 8.60. The molecule has 1 heterocycles. The molecule has 1 aromatic carbocycles. The van der Waals surface area contributed by atoms with E-state index in [9.17, 15) is 9.59 Å². The third-order valence-corrected chi connectivity index (χ3v) is 3.58. The van der Waals surface area contributed by atoms with E-state index in [1.165, 1.54) is 0 Å². The average molecular weight is 277 g/mol. The lowest BCUT2D eigenvalue weighted by Gasteiger charge is -2.48. The van der Waals surface area contributed by atoms with E-state index in [-0.39, 0.29) is 18.4 Å². The molecule has 2 rings (SSSR count). The molecular weight excluding hydrogens is 258 g/mol. The molecule has 108 valence electrons. The van der Waals surface area contributed by atoms with Gasteiger partial charge < -0.3 is 14.7 Å². The highest BCUT2D eigenvalue weighted by Gasteiger charge is 2.43. The summed E-state index contributed by atoms with van der Waals surface area (Å²) >= 11 is 0. The first-order chi connectivity index (χ1) is 9.41. The molecule has 0 bridgehead atoms. The predicted octanol–water partition coefficient (Wildman–Crippen LogP) is 1.49. The number of likely N-dealkylation sites (tertiary alicyclic amines) is 1. The molecule has 5 nitrogen and oxygen atoms in total. The van der Waals surface area contributed by atoms with Crippen LogP contribution in [0.1, 0.15) is 25.3 Å². The molecule has 0 saturated carbocycles. The predicted molar refractivity (Wildman–Crippen MR) is 73.4 cm³/mol. The number of benzene rings is 1. The van der Waals surface area contributed by atoms with Crippen molar-refractivity contribution < 1.29 is 19.4 Å². The maximum atomic E-state index is 12.3. The van der Waals surface area contributed by atoms with Crippen LogP contribution < -0.4 is 0 Å². The number of rotatable bonds is 5. The minimum Gasteiger partial charge on any atom is -0.480 e. The summed E-state index contributed by atoms with van der Waals surface area (Å²) < 4.78 is 5.30. The Morgan fingerprint density at radius 1 is 1.35 bits per heavy atom. The fourth-order valence-electron chi connectivity index (χ4n) is 2.40. The maximum absolute atomic E-state index is 12.3. The van der Waals surface area contributed by atoms with Crippen LogP contribution in [-0.2, 0) is 14.3 Å². The Morgan fingerprint density at radius 2 is 1.95 bits per heavy atom. The van der Waals surface area contributed by atoms with E-state index in [0.29, 0.717) is 13.1 Å². The smallest absolute Gasteiger partial charge is 0.329 e. The van der Waals surface area contributed by atoms with Crippen molar-refractivity contribution in [2.75, 3.05) is 19.7 Å². The Hall–Kier alpha value is -1.88. The van der Waals surface area contributed by atoms with Crippen LogP contribution in [0.2, 0.25) is 0 Å². The quantitative estimate of drug-likeness (QED) is 0.885. The minimum atomic E-state index is -0.992. The number of carboxylic acids is 1. The molecule has 20 heavy (non-hydrogen) atoms. The van der Waals surface area contributed by atoms with Crippen molar-refractivity contribution >= 4 is 11.9 Å². The number of carbonyl (C=O) groups is 2. The fourth-order valence-corrected chi connectivity index (χ4v) is 2.40. The van der Waals surface area contributed by atoms with Gasteiger partial charge in [-0.25, -0.2) is 4.79 Å². The Bertz CT molecular complexity index is 494. The van der Waals surface area contributed by atoms with Crippen molar-refractivity contribution in [1.29, 1.82) is 0 Å². The van der Waals surface area contributed by atoms with Gasteiger partial charge in [-0.1, -0.05) is 30.3 Å². The molecule has 1 fully saturated rings. The van der Waals surface area contributed by atoms with Crippen LogP contribution in [0.4, 0.5) is 0 Å². The highest BCUT2D eigenvalue weighted by atomic mass is 16.5. The number of hydrogen-bond acceptors (Lipinski definition) is 3. The second-order valence-corrected chi connectivity index (χ2v) is 5.46. The first-order valence-electron chi connectivity index (χ1n) is 6.61. The van der Waals surface area contributed by atoms with E-state index < -0.39 is 11.6 Å². The highest BCUT2D eigenvalue weighted by molar-refractivity contribution is 5.84. The van der Waals surface area contributed by atoms with Gasteiger partial charge >= 0.3 is 5.97 Å². The second-order valence-electron chi connectivity index (χ2n) is 5.46. The van der Waals surface area contributed by atoms with Gasteiger partial charge in [-0.2, -0.15) is 0 Å². The molecule has 1 unspecified atom stereocenters. The van der Waals surface area contributed by atoms with Crippen molar-refractivity contribution in [3.05, 3.63) is 35.9 Å². The summed E-state index contributed by atoms with van der Waals surface area (Å²) in [6.45, 7) is 4.26. The van der Waals surface area contributed by atoms with Gasteiger partial charge in [-0.3, -0.25) is 4.79 Å². The van der Waals surface area contributed by atoms with Gasteiger partial charge in [-0.05, 0) is 19.4 Å². The Labute approximate surface area is 118 Å². The molecule has 1 amide bonds. The number of carboxylic acid groups (broad SMARTS) is 1. The zero-order valence-electron chi connectivity index (χ0n) is 11.7. The number of ether oxygens (including phenoxy) is 1. The lowest BCUT2D eigenvalue weighted by Crippen LogP contribution is -2.64. The standard InChI is InChI=1S/C15H19NO4/c1-11(12-6-4-3-5-7-12)14(19)16-9-15(2,10-16)20-8-13(17)18/h3-7,11H,8-10H2,1-2H3,(H,17,18). The summed E-state index contributed by atoms with van der Waals surface area (Å²) in [7, 11) is 0. The summed E-state index contributed by atoms with van der Waals surface area (Å²) in [5.74, 6) is -1.14. The molecule has 0 spiro atoms. The molecule has 1 aromatic rings. The third-order valence-electron chi connectivity index (χ3n) is 3.58. The van der Waals surface area contributed by atoms with Crippen LogP contribution in [0, 0.1) is 0 Å². The van der Waals surface area contributed by atoms with Gasteiger partial charge in [0.15, 0.2) is 0 Å². The van der Waals surface area contributed by atoms with Crippen LogP contribution in [0.3, 0.4) is 0 Å². The van der Waals surface area contributed by atoms with E-state index in [1.807, 2.05) is 44.2 Å². The van der Waals surface area contributed by atoms with Crippen LogP contribution in [0.15, 0.2) is 30.3 Å². The zero-order valence-corrected chi connectivity index (χ0v) is 11.7. The monoisotopic (exact) mass is 277 g/mol. The highest BCUT2D eigenvalue weighted by Crippen LogP contribution is 2.28. The Kier molecular flexibility index (Phi) is 4.09. The van der Waals surface area contributed by atoms with E-state index in [1.54, 1.807) is 4.90 Å². The SMILES string of the molecule is CC(C(=O)N1CC(C)(OCC(=O)O)C1)c1ccccc1. The topological polar surface area (TPSA) is 66.8 Å². The van der Waals surface area contributed by atoms with Crippen LogP contribution >= 0.6 is 0 Å². The van der Waals surface area contributed by atoms with Crippen molar-refractivity contribution in [3.63, 3.8) is 0 Å². The van der Waals surface area contributed by atoms with Crippen LogP contribution in [0.25, 0.3) is 0 Å². The van der Waals surface area contributed by atoms with Gasteiger partial charge in [0.25, 0.3) is 0 Å². The van der Waals surface area contributed by atoms with E-state index in [0.717, 1.165) is 5.56 Å². The van der Waals surface area contributed by atoms with E-state index in [4.69, 9.17) is 9.84 Å². The van der Waals surface area contributed by atoms with Gasteiger partial charge in [0, 0.05) is 0 Å². The fraction of sp³-hybridized carbons (Fsp3) is 0.467. The van der Waals surface area contributed by atoms with Gasteiger partial charge in [0.1, 0.15) is 12.2 Å². The van der Waals surface area contributed by atoms with Crippen molar-refractivity contribution in [3.8, 4) is 0 Å². The summed E-state index contributed by atoms with van der Waals surface area (Å²) in [6, 6.07) is 9.61. The molecular formula is C15H19NO4. The van der Waals surface area contributed by atoms with E-state index >= 15 is 0 Å². The summed E-state index contributed by atoms with van der Waals surface area (Å²) in [4.78, 5) is 24.5. The molecule has 1 aliphatic rings. The minimum absolute atomic E-state index is 0.0487. The first-order valence-corrected chi connectivity index (χ1v) is 6.61.